The number of hydrogen-bond donors (Lipinski definition) is 2. The topological polar surface area (TPSA) is 145 Å². The Morgan fingerprint density at radius 3 is 1.76 bits per heavy atom. The maximum atomic E-state index is 12.6. The van der Waals surface area contributed by atoms with E-state index in [1.165, 1.54) is 0 Å². The Morgan fingerprint density at radius 1 is 0.947 bits per heavy atom. The van der Waals surface area contributed by atoms with Gasteiger partial charge in [-0.2, -0.15) is 26.3 Å². The molecule has 3 fully saturated rings. The number of likely N-dealkylation sites (tertiary alicyclic amines) is 2. The zero-order valence-electron chi connectivity index (χ0n) is 20.7. The molecule has 1 unspecified atom stereocenters. The van der Waals surface area contributed by atoms with Crippen molar-refractivity contribution in [3.63, 3.8) is 0 Å². The number of hydrogen-bond acceptors (Lipinski definition) is 8. The second-order valence-corrected chi connectivity index (χ2v) is 11.5. The molecule has 0 aromatic rings. The summed E-state index contributed by atoms with van der Waals surface area (Å²) in [4.78, 5) is 36.6. The van der Waals surface area contributed by atoms with Crippen molar-refractivity contribution in [2.45, 2.75) is 43.8 Å². The first-order valence-electron chi connectivity index (χ1n) is 11.4. The lowest BCUT2D eigenvalue weighted by Crippen LogP contribution is -2.72. The lowest BCUT2D eigenvalue weighted by atomic mass is 9.90. The van der Waals surface area contributed by atoms with Crippen molar-refractivity contribution in [3.8, 4) is 0 Å². The SMILES string of the molecule is CCS(=O)(=O)CCN1CC2(C1)CN(C)C(C(=O)N1CCCC1)CO2.O=C(O)C(F)(F)F.O=C(O)C(F)(F)F. The molecule has 0 bridgehead atoms. The molecule has 1 amide bonds. The lowest BCUT2D eigenvalue weighted by molar-refractivity contribution is -0.198. The molecule has 3 saturated heterocycles. The van der Waals surface area contributed by atoms with Gasteiger partial charge in [-0.25, -0.2) is 18.0 Å². The van der Waals surface area contributed by atoms with Crippen LogP contribution in [0.3, 0.4) is 0 Å². The Hall–Kier alpha value is -2.18. The monoisotopic (exact) mass is 587 g/mol. The van der Waals surface area contributed by atoms with Crippen LogP contribution in [-0.4, -0.2) is 140 Å². The van der Waals surface area contributed by atoms with Crippen LogP contribution in [0.1, 0.15) is 19.8 Å². The number of carbonyl (C=O) groups is 3. The summed E-state index contributed by atoms with van der Waals surface area (Å²) in [5, 5.41) is 14.2. The van der Waals surface area contributed by atoms with E-state index in [1.807, 2.05) is 11.9 Å². The third-order valence-electron chi connectivity index (χ3n) is 5.99. The standard InChI is InChI=1S/C16H29N3O4S.2C2HF3O2/c1-3-24(21,22)9-8-18-12-16(13-18)11-17(2)14(10-23-16)15(20)19-6-4-5-7-19;2*3-2(4,5)1(6)7/h14H,3-13H2,1-2H3;2*(H,6,7). The van der Waals surface area contributed by atoms with E-state index in [4.69, 9.17) is 24.5 Å². The van der Waals surface area contributed by atoms with Crippen LogP contribution < -0.4 is 0 Å². The molecule has 11 nitrogen and oxygen atoms in total. The van der Waals surface area contributed by atoms with Crippen molar-refractivity contribution in [1.82, 2.24) is 14.7 Å². The van der Waals surface area contributed by atoms with Crippen LogP contribution in [-0.2, 0) is 29.0 Å². The minimum Gasteiger partial charge on any atom is -0.475 e. The van der Waals surface area contributed by atoms with Gasteiger partial charge in [-0.15, -0.1) is 0 Å². The summed E-state index contributed by atoms with van der Waals surface area (Å²) in [5.41, 5.74) is -0.230. The zero-order chi connectivity index (χ0) is 29.5. The van der Waals surface area contributed by atoms with Crippen molar-refractivity contribution in [1.29, 1.82) is 0 Å². The van der Waals surface area contributed by atoms with Crippen LogP contribution >= 0.6 is 0 Å². The van der Waals surface area contributed by atoms with Crippen molar-refractivity contribution in [3.05, 3.63) is 0 Å². The average Bonchev–Trinajstić information content (AvgIpc) is 3.30. The predicted molar refractivity (Wildman–Crippen MR) is 119 cm³/mol. The molecular formula is C20H31F6N3O8S. The molecule has 0 radical (unpaired) electrons. The number of morpholine rings is 1. The van der Waals surface area contributed by atoms with Crippen LogP contribution in [0.2, 0.25) is 0 Å². The highest BCUT2D eigenvalue weighted by atomic mass is 32.2. The quantitative estimate of drug-likeness (QED) is 0.441. The molecular weight excluding hydrogens is 556 g/mol. The van der Waals surface area contributed by atoms with Crippen LogP contribution in [0.15, 0.2) is 0 Å². The van der Waals surface area contributed by atoms with Crippen LogP contribution in [0.5, 0.6) is 0 Å². The van der Waals surface area contributed by atoms with Crippen LogP contribution in [0, 0.1) is 0 Å². The number of ether oxygens (including phenoxy) is 1. The number of sulfone groups is 1. The number of carboxylic acid groups (broad SMARTS) is 2. The van der Waals surface area contributed by atoms with Gasteiger partial charge in [0.15, 0.2) is 9.84 Å². The molecule has 3 rings (SSSR count). The van der Waals surface area contributed by atoms with Gasteiger partial charge in [0.2, 0.25) is 5.91 Å². The van der Waals surface area contributed by atoms with E-state index >= 15 is 0 Å². The van der Waals surface area contributed by atoms with Gasteiger partial charge >= 0.3 is 24.3 Å². The first-order chi connectivity index (χ1) is 17.2. The second kappa shape index (κ2) is 13.3. The number of carboxylic acids is 2. The summed E-state index contributed by atoms with van der Waals surface area (Å²) >= 11 is 0. The van der Waals surface area contributed by atoms with Crippen molar-refractivity contribution in [2.75, 3.05) is 64.4 Å². The molecule has 3 heterocycles. The van der Waals surface area contributed by atoms with Gasteiger partial charge < -0.3 is 19.8 Å². The zero-order valence-corrected chi connectivity index (χ0v) is 21.5. The Kier molecular flexibility index (Phi) is 11.8. The van der Waals surface area contributed by atoms with Gasteiger partial charge in [-0.05, 0) is 19.9 Å². The summed E-state index contributed by atoms with van der Waals surface area (Å²) in [6.07, 6.45) is -7.97. The highest BCUT2D eigenvalue weighted by molar-refractivity contribution is 7.91. The summed E-state index contributed by atoms with van der Waals surface area (Å²) in [6.45, 7) is 6.66. The molecule has 3 aliphatic heterocycles. The largest absolute Gasteiger partial charge is 0.490 e. The molecule has 1 atom stereocenters. The Morgan fingerprint density at radius 2 is 1.39 bits per heavy atom. The lowest BCUT2D eigenvalue weighted by Gasteiger charge is -2.55. The minimum absolute atomic E-state index is 0.178. The highest BCUT2D eigenvalue weighted by Crippen LogP contribution is 2.31. The predicted octanol–water partition coefficient (Wildman–Crippen LogP) is 0.695. The molecule has 38 heavy (non-hydrogen) atoms. The summed E-state index contributed by atoms with van der Waals surface area (Å²) in [6, 6.07) is -0.178. The first kappa shape index (κ1) is 33.8. The van der Waals surface area contributed by atoms with Crippen molar-refractivity contribution < 1.29 is 64.1 Å². The van der Waals surface area contributed by atoms with E-state index in [0.29, 0.717) is 13.2 Å². The van der Waals surface area contributed by atoms with Gasteiger partial charge in [0, 0.05) is 45.0 Å². The normalized spacial score (nSPS) is 22.0. The third-order valence-corrected chi connectivity index (χ3v) is 7.67. The summed E-state index contributed by atoms with van der Waals surface area (Å²) in [7, 11) is -0.923. The number of likely N-dealkylation sites (N-methyl/N-ethyl adjacent to an activating group) is 1. The molecule has 2 N–H and O–H groups in total. The smallest absolute Gasteiger partial charge is 0.475 e. The molecule has 1 spiro atoms. The molecule has 0 aromatic heterocycles. The highest BCUT2D eigenvalue weighted by Gasteiger charge is 2.50. The van der Waals surface area contributed by atoms with Crippen LogP contribution in [0.4, 0.5) is 26.3 Å². The summed E-state index contributed by atoms with van der Waals surface area (Å²) in [5.74, 6) is -4.91. The first-order valence-corrected chi connectivity index (χ1v) is 13.2. The molecule has 0 aliphatic carbocycles. The van der Waals surface area contributed by atoms with Gasteiger partial charge in [0.1, 0.15) is 11.6 Å². The van der Waals surface area contributed by atoms with E-state index in [-0.39, 0.29) is 29.1 Å². The van der Waals surface area contributed by atoms with E-state index < -0.39 is 34.1 Å². The van der Waals surface area contributed by atoms with E-state index in [2.05, 4.69) is 9.80 Å². The number of halogens is 6. The third kappa shape index (κ3) is 10.5. The fraction of sp³-hybridized carbons (Fsp3) is 0.850. The van der Waals surface area contributed by atoms with Gasteiger partial charge in [-0.3, -0.25) is 14.6 Å². The molecule has 222 valence electrons. The maximum Gasteiger partial charge on any atom is 0.490 e. The number of alkyl halides is 6. The Balaban J connectivity index is 0.000000426. The number of amides is 1. The average molecular weight is 588 g/mol. The van der Waals surface area contributed by atoms with E-state index in [0.717, 1.165) is 45.6 Å². The number of nitrogens with zero attached hydrogens (tertiary/aromatic N) is 3. The number of carbonyl (C=O) groups excluding carboxylic acids is 1. The maximum absolute atomic E-state index is 12.6. The van der Waals surface area contributed by atoms with Gasteiger partial charge in [0.05, 0.1) is 12.4 Å². The molecule has 0 aromatic carbocycles. The molecule has 0 saturated carbocycles. The second-order valence-electron chi connectivity index (χ2n) is 9.01. The van der Waals surface area contributed by atoms with Crippen LogP contribution in [0.25, 0.3) is 0 Å². The Labute approximate surface area is 215 Å². The fourth-order valence-electron chi connectivity index (χ4n) is 3.93. The number of rotatable bonds is 5. The number of aliphatic carboxylic acids is 2. The van der Waals surface area contributed by atoms with Gasteiger partial charge in [-0.1, -0.05) is 6.92 Å². The summed E-state index contributed by atoms with van der Waals surface area (Å²) < 4.78 is 92.7. The van der Waals surface area contributed by atoms with E-state index in [1.54, 1.807) is 6.92 Å². The fourth-order valence-corrected chi connectivity index (χ4v) is 4.76. The van der Waals surface area contributed by atoms with E-state index in [9.17, 15) is 39.6 Å². The Bertz CT molecular complexity index is 908. The van der Waals surface area contributed by atoms with Crippen molar-refractivity contribution >= 4 is 27.7 Å². The minimum atomic E-state index is -5.08. The molecule has 3 aliphatic rings. The molecule has 18 heteroatoms. The van der Waals surface area contributed by atoms with Gasteiger partial charge in [0.25, 0.3) is 0 Å². The van der Waals surface area contributed by atoms with Crippen molar-refractivity contribution in [2.24, 2.45) is 0 Å².